The van der Waals surface area contributed by atoms with Crippen LogP contribution in [-0.2, 0) is 9.59 Å². The standard InChI is InChI=1S/C14H26N2O3/c1-10(9-17)15(5)12(18)11-7-6-8-16(11)13(19)14(2,3)4/h10-11,17H,6-9H2,1-5H3. The first-order valence-corrected chi connectivity index (χ1v) is 6.88. The maximum absolute atomic E-state index is 12.4. The van der Waals surface area contributed by atoms with Gasteiger partial charge in [-0.05, 0) is 19.8 Å². The molecule has 0 spiro atoms. The molecule has 0 radical (unpaired) electrons. The molecule has 1 rings (SSSR count). The minimum Gasteiger partial charge on any atom is -0.394 e. The van der Waals surface area contributed by atoms with E-state index >= 15 is 0 Å². The summed E-state index contributed by atoms with van der Waals surface area (Å²) in [6.45, 7) is 7.98. The van der Waals surface area contributed by atoms with Gasteiger partial charge in [-0.15, -0.1) is 0 Å². The number of amides is 2. The molecule has 1 saturated heterocycles. The van der Waals surface area contributed by atoms with Gasteiger partial charge in [-0.3, -0.25) is 9.59 Å². The molecule has 1 fully saturated rings. The molecule has 19 heavy (non-hydrogen) atoms. The van der Waals surface area contributed by atoms with Crippen molar-refractivity contribution in [1.29, 1.82) is 0 Å². The van der Waals surface area contributed by atoms with Crippen LogP contribution in [-0.4, -0.2) is 59.0 Å². The Hall–Kier alpha value is -1.10. The Morgan fingerprint density at radius 2 is 2.00 bits per heavy atom. The fourth-order valence-electron chi connectivity index (χ4n) is 2.27. The van der Waals surface area contributed by atoms with Crippen LogP contribution in [0.5, 0.6) is 0 Å². The van der Waals surface area contributed by atoms with Crippen LogP contribution >= 0.6 is 0 Å². The molecule has 110 valence electrons. The van der Waals surface area contributed by atoms with Gasteiger partial charge in [-0.25, -0.2) is 0 Å². The average Bonchev–Trinajstić information content (AvgIpc) is 2.82. The lowest BCUT2D eigenvalue weighted by Crippen LogP contribution is -2.51. The average molecular weight is 270 g/mol. The van der Waals surface area contributed by atoms with E-state index in [1.54, 1.807) is 23.8 Å². The lowest BCUT2D eigenvalue weighted by Gasteiger charge is -2.33. The Kier molecular flexibility index (Phi) is 4.96. The molecule has 0 aromatic heterocycles. The van der Waals surface area contributed by atoms with Crippen LogP contribution in [0.3, 0.4) is 0 Å². The van der Waals surface area contributed by atoms with Crippen molar-refractivity contribution in [2.24, 2.45) is 5.41 Å². The van der Waals surface area contributed by atoms with Crippen molar-refractivity contribution < 1.29 is 14.7 Å². The zero-order chi connectivity index (χ0) is 14.8. The summed E-state index contributed by atoms with van der Waals surface area (Å²) < 4.78 is 0. The minimum atomic E-state index is -0.468. The Bertz CT molecular complexity index is 349. The number of carbonyl (C=O) groups is 2. The fraction of sp³-hybridized carbons (Fsp3) is 0.857. The van der Waals surface area contributed by atoms with Crippen LogP contribution in [0.4, 0.5) is 0 Å². The molecule has 5 nitrogen and oxygen atoms in total. The van der Waals surface area contributed by atoms with Gasteiger partial charge in [0.25, 0.3) is 0 Å². The van der Waals surface area contributed by atoms with Gasteiger partial charge in [0.1, 0.15) is 6.04 Å². The number of hydrogen-bond donors (Lipinski definition) is 1. The van der Waals surface area contributed by atoms with Gasteiger partial charge in [0, 0.05) is 19.0 Å². The number of aliphatic hydroxyl groups excluding tert-OH is 1. The van der Waals surface area contributed by atoms with Gasteiger partial charge in [0.2, 0.25) is 11.8 Å². The van der Waals surface area contributed by atoms with Crippen molar-refractivity contribution in [3.63, 3.8) is 0 Å². The smallest absolute Gasteiger partial charge is 0.245 e. The van der Waals surface area contributed by atoms with Crippen molar-refractivity contribution in [3.05, 3.63) is 0 Å². The molecule has 0 aromatic carbocycles. The van der Waals surface area contributed by atoms with E-state index in [-0.39, 0.29) is 30.5 Å². The summed E-state index contributed by atoms with van der Waals surface area (Å²) >= 11 is 0. The Balaban J connectivity index is 2.82. The number of aliphatic hydroxyl groups is 1. The third kappa shape index (κ3) is 3.47. The van der Waals surface area contributed by atoms with E-state index in [2.05, 4.69) is 0 Å². The van der Waals surface area contributed by atoms with Gasteiger partial charge in [0.05, 0.1) is 12.6 Å². The van der Waals surface area contributed by atoms with Crippen molar-refractivity contribution in [3.8, 4) is 0 Å². The van der Waals surface area contributed by atoms with Crippen molar-refractivity contribution in [2.45, 2.75) is 52.6 Å². The topological polar surface area (TPSA) is 60.9 Å². The second kappa shape index (κ2) is 5.90. The second-order valence-electron chi connectivity index (χ2n) is 6.39. The van der Waals surface area contributed by atoms with E-state index in [1.165, 1.54) is 0 Å². The molecule has 2 unspecified atom stereocenters. The molecule has 1 aliphatic heterocycles. The summed E-state index contributed by atoms with van der Waals surface area (Å²) in [6.07, 6.45) is 1.57. The first-order chi connectivity index (χ1) is 8.70. The molecule has 0 saturated carbocycles. The molecule has 0 aliphatic carbocycles. The molecule has 1 N–H and O–H groups in total. The van der Waals surface area contributed by atoms with Gasteiger partial charge in [-0.1, -0.05) is 20.8 Å². The quantitative estimate of drug-likeness (QED) is 0.827. The van der Waals surface area contributed by atoms with E-state index in [9.17, 15) is 9.59 Å². The maximum Gasteiger partial charge on any atom is 0.245 e. The van der Waals surface area contributed by atoms with E-state index in [1.807, 2.05) is 20.8 Å². The Labute approximate surface area is 115 Å². The van der Waals surface area contributed by atoms with Crippen molar-refractivity contribution in [1.82, 2.24) is 9.80 Å². The highest BCUT2D eigenvalue weighted by molar-refractivity contribution is 5.90. The summed E-state index contributed by atoms with van der Waals surface area (Å²) in [6, 6.07) is -0.592. The molecular weight excluding hydrogens is 244 g/mol. The molecule has 2 atom stereocenters. The van der Waals surface area contributed by atoms with Crippen LogP contribution in [0.25, 0.3) is 0 Å². The molecule has 5 heteroatoms. The highest BCUT2D eigenvalue weighted by Gasteiger charge is 2.40. The molecule has 0 bridgehead atoms. The predicted molar refractivity (Wildman–Crippen MR) is 73.5 cm³/mol. The SMILES string of the molecule is CC(CO)N(C)C(=O)C1CCCN1C(=O)C(C)(C)C. The first kappa shape index (κ1) is 16.0. The summed E-state index contributed by atoms with van der Waals surface area (Å²) in [5.74, 6) is -0.0509. The first-order valence-electron chi connectivity index (χ1n) is 6.88. The van der Waals surface area contributed by atoms with Gasteiger partial charge in [0.15, 0.2) is 0 Å². The second-order valence-corrected chi connectivity index (χ2v) is 6.39. The highest BCUT2D eigenvalue weighted by atomic mass is 16.3. The summed E-state index contributed by atoms with van der Waals surface area (Å²) in [4.78, 5) is 28.0. The normalized spacial score (nSPS) is 21.4. The number of likely N-dealkylation sites (N-methyl/N-ethyl adjacent to an activating group) is 1. The van der Waals surface area contributed by atoms with E-state index in [0.717, 1.165) is 6.42 Å². The number of hydrogen-bond acceptors (Lipinski definition) is 3. The zero-order valence-corrected chi connectivity index (χ0v) is 12.6. The van der Waals surface area contributed by atoms with Gasteiger partial charge >= 0.3 is 0 Å². The fourth-order valence-corrected chi connectivity index (χ4v) is 2.27. The number of carbonyl (C=O) groups excluding carboxylic acids is 2. The monoisotopic (exact) mass is 270 g/mol. The lowest BCUT2D eigenvalue weighted by molar-refractivity contribution is -0.148. The van der Waals surface area contributed by atoms with E-state index in [0.29, 0.717) is 13.0 Å². The highest BCUT2D eigenvalue weighted by Crippen LogP contribution is 2.26. The Morgan fingerprint density at radius 3 is 2.47 bits per heavy atom. The van der Waals surface area contributed by atoms with Crippen LogP contribution < -0.4 is 0 Å². The summed E-state index contributed by atoms with van der Waals surface area (Å²) in [5, 5.41) is 9.13. The van der Waals surface area contributed by atoms with Gasteiger partial charge < -0.3 is 14.9 Å². The van der Waals surface area contributed by atoms with Crippen LogP contribution in [0.1, 0.15) is 40.5 Å². The number of nitrogens with zero attached hydrogens (tertiary/aromatic N) is 2. The van der Waals surface area contributed by atoms with Crippen LogP contribution in [0.2, 0.25) is 0 Å². The molecule has 1 aliphatic rings. The largest absolute Gasteiger partial charge is 0.394 e. The van der Waals surface area contributed by atoms with Crippen LogP contribution in [0, 0.1) is 5.41 Å². The Morgan fingerprint density at radius 1 is 1.42 bits per heavy atom. The zero-order valence-electron chi connectivity index (χ0n) is 12.6. The van der Waals surface area contributed by atoms with E-state index < -0.39 is 5.41 Å². The maximum atomic E-state index is 12.4. The summed E-state index contributed by atoms with van der Waals surface area (Å²) in [7, 11) is 1.68. The number of rotatable bonds is 3. The van der Waals surface area contributed by atoms with Crippen molar-refractivity contribution >= 4 is 11.8 Å². The molecule has 0 aromatic rings. The summed E-state index contributed by atoms with van der Waals surface area (Å²) in [5.41, 5.74) is -0.468. The lowest BCUT2D eigenvalue weighted by atomic mass is 9.94. The number of likely N-dealkylation sites (tertiary alicyclic amines) is 1. The van der Waals surface area contributed by atoms with Gasteiger partial charge in [-0.2, -0.15) is 0 Å². The third-order valence-corrected chi connectivity index (χ3v) is 3.71. The third-order valence-electron chi connectivity index (χ3n) is 3.71. The van der Waals surface area contributed by atoms with Crippen LogP contribution in [0.15, 0.2) is 0 Å². The molecule has 2 amide bonds. The van der Waals surface area contributed by atoms with Crippen molar-refractivity contribution in [2.75, 3.05) is 20.2 Å². The molecule has 1 heterocycles. The minimum absolute atomic E-state index is 0.0217. The van der Waals surface area contributed by atoms with E-state index in [4.69, 9.17) is 5.11 Å². The predicted octanol–water partition coefficient (Wildman–Crippen LogP) is 0.863. The molecular formula is C14H26N2O3.